The summed E-state index contributed by atoms with van der Waals surface area (Å²) in [4.78, 5) is 29.1. The van der Waals surface area contributed by atoms with Crippen LogP contribution in [-0.2, 0) is 32.6 Å². The summed E-state index contributed by atoms with van der Waals surface area (Å²) in [5, 5.41) is 3.02. The van der Waals surface area contributed by atoms with Crippen LogP contribution < -0.4 is 9.62 Å². The van der Waals surface area contributed by atoms with E-state index in [1.54, 1.807) is 24.3 Å². The van der Waals surface area contributed by atoms with Crippen molar-refractivity contribution in [2.24, 2.45) is 0 Å². The van der Waals surface area contributed by atoms with Crippen LogP contribution in [0.5, 0.6) is 0 Å². The molecule has 202 valence electrons. The predicted octanol–water partition coefficient (Wildman–Crippen LogP) is 4.77. The van der Waals surface area contributed by atoms with Gasteiger partial charge in [0, 0.05) is 23.5 Å². The molecular weight excluding hydrogens is 566 g/mol. The SMILES string of the molecule is CC[C@@H](C)NC(=O)[C@@H](Cc1ccccc1)N(Cc1ccccc1)C(=O)CN(c1ccc(Br)cc1)S(C)(=O)=O. The number of rotatable bonds is 12. The molecule has 2 amide bonds. The van der Waals surface area contributed by atoms with Gasteiger partial charge in [0.2, 0.25) is 21.8 Å². The normalized spacial score (nSPS) is 12.8. The maximum absolute atomic E-state index is 14.0. The van der Waals surface area contributed by atoms with Gasteiger partial charge in [0.05, 0.1) is 11.9 Å². The minimum Gasteiger partial charge on any atom is -0.352 e. The highest BCUT2D eigenvalue weighted by Gasteiger charge is 2.33. The number of nitrogens with one attached hydrogen (secondary N) is 1. The molecule has 0 saturated heterocycles. The monoisotopic (exact) mass is 599 g/mol. The fourth-order valence-corrected chi connectivity index (χ4v) is 5.11. The number of halogens is 1. The molecule has 0 heterocycles. The number of sulfonamides is 1. The molecule has 3 aromatic carbocycles. The number of hydrogen-bond acceptors (Lipinski definition) is 4. The van der Waals surface area contributed by atoms with Gasteiger partial charge in [-0.1, -0.05) is 83.5 Å². The van der Waals surface area contributed by atoms with E-state index in [0.29, 0.717) is 12.1 Å². The van der Waals surface area contributed by atoms with Gasteiger partial charge < -0.3 is 10.2 Å². The van der Waals surface area contributed by atoms with Crippen molar-refractivity contribution < 1.29 is 18.0 Å². The van der Waals surface area contributed by atoms with Gasteiger partial charge in [-0.05, 0) is 48.7 Å². The van der Waals surface area contributed by atoms with Gasteiger partial charge in [-0.15, -0.1) is 0 Å². The Labute approximate surface area is 234 Å². The van der Waals surface area contributed by atoms with Crippen LogP contribution in [0.2, 0.25) is 0 Å². The maximum atomic E-state index is 14.0. The number of carbonyl (C=O) groups excluding carboxylic acids is 2. The summed E-state index contributed by atoms with van der Waals surface area (Å²) in [5.41, 5.74) is 2.10. The quantitative estimate of drug-likeness (QED) is 0.325. The Morgan fingerprint density at radius 1 is 0.895 bits per heavy atom. The second kappa shape index (κ2) is 13.6. The number of hydrogen-bond donors (Lipinski definition) is 1. The molecule has 3 rings (SSSR count). The van der Waals surface area contributed by atoms with Crippen molar-refractivity contribution >= 4 is 43.5 Å². The molecule has 0 radical (unpaired) electrons. The van der Waals surface area contributed by atoms with Crippen molar-refractivity contribution in [2.75, 3.05) is 17.1 Å². The highest BCUT2D eigenvalue weighted by molar-refractivity contribution is 9.10. The molecule has 7 nitrogen and oxygen atoms in total. The molecule has 9 heteroatoms. The third kappa shape index (κ3) is 8.43. The van der Waals surface area contributed by atoms with Crippen LogP contribution in [0.4, 0.5) is 5.69 Å². The van der Waals surface area contributed by atoms with Crippen molar-refractivity contribution in [3.8, 4) is 0 Å². The van der Waals surface area contributed by atoms with Gasteiger partial charge in [-0.25, -0.2) is 8.42 Å². The van der Waals surface area contributed by atoms with E-state index >= 15 is 0 Å². The van der Waals surface area contributed by atoms with E-state index in [0.717, 1.165) is 32.6 Å². The molecule has 0 bridgehead atoms. The van der Waals surface area contributed by atoms with Crippen LogP contribution in [0.15, 0.2) is 89.4 Å². The fourth-order valence-electron chi connectivity index (χ4n) is 4.00. The predicted molar refractivity (Wildman–Crippen MR) is 155 cm³/mol. The first-order valence-electron chi connectivity index (χ1n) is 12.5. The summed E-state index contributed by atoms with van der Waals surface area (Å²) in [5.74, 6) is -0.746. The van der Waals surface area contributed by atoms with Gasteiger partial charge in [-0.2, -0.15) is 0 Å². The van der Waals surface area contributed by atoms with Crippen LogP contribution in [0.3, 0.4) is 0 Å². The van der Waals surface area contributed by atoms with Crippen LogP contribution in [0.25, 0.3) is 0 Å². The molecule has 0 aliphatic heterocycles. The van der Waals surface area contributed by atoms with Crippen LogP contribution in [0.1, 0.15) is 31.4 Å². The molecule has 38 heavy (non-hydrogen) atoms. The van der Waals surface area contributed by atoms with Gasteiger partial charge in [-0.3, -0.25) is 13.9 Å². The Balaban J connectivity index is 2.03. The Morgan fingerprint density at radius 2 is 1.45 bits per heavy atom. The smallest absolute Gasteiger partial charge is 0.244 e. The first-order valence-corrected chi connectivity index (χ1v) is 15.1. The molecule has 0 fully saturated rings. The van der Waals surface area contributed by atoms with Crippen LogP contribution in [-0.4, -0.2) is 50.0 Å². The lowest BCUT2D eigenvalue weighted by molar-refractivity contribution is -0.140. The molecule has 3 aromatic rings. The van der Waals surface area contributed by atoms with Crippen molar-refractivity contribution in [1.82, 2.24) is 10.2 Å². The van der Waals surface area contributed by atoms with E-state index in [1.807, 2.05) is 74.5 Å². The third-order valence-electron chi connectivity index (χ3n) is 6.26. The minimum absolute atomic E-state index is 0.0789. The van der Waals surface area contributed by atoms with E-state index < -0.39 is 28.5 Å². The Bertz CT molecular complexity index is 1300. The highest BCUT2D eigenvalue weighted by atomic mass is 79.9. The van der Waals surface area contributed by atoms with Gasteiger partial charge in [0.25, 0.3) is 0 Å². The first kappa shape index (κ1) is 29.4. The van der Waals surface area contributed by atoms with Gasteiger partial charge in [0.1, 0.15) is 12.6 Å². The summed E-state index contributed by atoms with van der Waals surface area (Å²) >= 11 is 3.36. The lowest BCUT2D eigenvalue weighted by atomic mass is 10.0. The van der Waals surface area contributed by atoms with Crippen molar-refractivity contribution in [2.45, 2.75) is 45.3 Å². The highest BCUT2D eigenvalue weighted by Crippen LogP contribution is 2.22. The topological polar surface area (TPSA) is 86.8 Å². The zero-order chi connectivity index (χ0) is 27.7. The molecule has 0 aliphatic rings. The van der Waals surface area contributed by atoms with Crippen LogP contribution >= 0.6 is 15.9 Å². The summed E-state index contributed by atoms with van der Waals surface area (Å²) in [6, 6.07) is 24.7. The number of carbonyl (C=O) groups is 2. The van der Waals surface area contributed by atoms with E-state index in [9.17, 15) is 18.0 Å². The Kier molecular flexibility index (Phi) is 10.5. The van der Waals surface area contributed by atoms with E-state index in [1.165, 1.54) is 4.90 Å². The second-order valence-corrected chi connectivity index (χ2v) is 12.1. The van der Waals surface area contributed by atoms with Crippen molar-refractivity contribution in [3.63, 3.8) is 0 Å². The minimum atomic E-state index is -3.79. The summed E-state index contributed by atoms with van der Waals surface area (Å²) < 4.78 is 27.4. The number of benzene rings is 3. The Hall–Kier alpha value is -3.17. The van der Waals surface area contributed by atoms with Crippen molar-refractivity contribution in [3.05, 3.63) is 101 Å². The van der Waals surface area contributed by atoms with Gasteiger partial charge >= 0.3 is 0 Å². The first-order chi connectivity index (χ1) is 18.1. The third-order valence-corrected chi connectivity index (χ3v) is 7.93. The number of amides is 2. The van der Waals surface area contributed by atoms with E-state index in [4.69, 9.17) is 0 Å². The van der Waals surface area contributed by atoms with Crippen LogP contribution in [0, 0.1) is 0 Å². The molecule has 2 atom stereocenters. The molecule has 0 saturated carbocycles. The zero-order valence-electron chi connectivity index (χ0n) is 21.9. The lowest BCUT2D eigenvalue weighted by Gasteiger charge is -2.34. The average Bonchev–Trinajstić information content (AvgIpc) is 2.90. The van der Waals surface area contributed by atoms with Gasteiger partial charge in [0.15, 0.2) is 0 Å². The molecule has 0 spiro atoms. The number of nitrogens with zero attached hydrogens (tertiary/aromatic N) is 2. The van der Waals surface area contributed by atoms with Crippen molar-refractivity contribution in [1.29, 1.82) is 0 Å². The average molecular weight is 601 g/mol. The summed E-state index contributed by atoms with van der Waals surface area (Å²) in [6.45, 7) is 3.62. The standard InChI is InChI=1S/C29H34BrN3O4S/c1-4-22(2)31-29(35)27(19-23-11-7-5-8-12-23)32(20-24-13-9-6-10-14-24)28(34)21-33(38(3,36)37)26-17-15-25(30)16-18-26/h5-18,22,27H,4,19-21H2,1-3H3,(H,31,35)/t22-,27-/m1/s1. The second-order valence-electron chi connectivity index (χ2n) is 9.28. The summed E-state index contributed by atoms with van der Waals surface area (Å²) in [7, 11) is -3.79. The largest absolute Gasteiger partial charge is 0.352 e. The lowest BCUT2D eigenvalue weighted by Crippen LogP contribution is -2.54. The molecule has 0 aliphatic carbocycles. The number of anilines is 1. The maximum Gasteiger partial charge on any atom is 0.244 e. The summed E-state index contributed by atoms with van der Waals surface area (Å²) in [6.07, 6.45) is 2.10. The molecule has 0 unspecified atom stereocenters. The Morgan fingerprint density at radius 3 is 1.97 bits per heavy atom. The molecule has 1 N–H and O–H groups in total. The zero-order valence-corrected chi connectivity index (χ0v) is 24.3. The fraction of sp³-hybridized carbons (Fsp3) is 0.310. The molecule has 0 aromatic heterocycles. The van der Waals surface area contributed by atoms with E-state index in [2.05, 4.69) is 21.2 Å². The van der Waals surface area contributed by atoms with E-state index in [-0.39, 0.29) is 18.5 Å². The molecular formula is C29H34BrN3O4S.